The molecular weight excluding hydrogens is 455 g/mol. The minimum absolute atomic E-state index is 0. The van der Waals surface area contributed by atoms with Crippen molar-refractivity contribution in [1.82, 2.24) is 9.79 Å². The summed E-state index contributed by atoms with van der Waals surface area (Å²) in [6, 6.07) is 12.9. The molecule has 0 aliphatic carbocycles. The van der Waals surface area contributed by atoms with Gasteiger partial charge < -0.3 is 10.7 Å². The van der Waals surface area contributed by atoms with Crippen molar-refractivity contribution >= 4 is 43.5 Å². The Bertz CT molecular complexity index is 832. The van der Waals surface area contributed by atoms with Gasteiger partial charge in [-0.05, 0) is 42.0 Å². The quantitative estimate of drug-likeness (QED) is 0.467. The van der Waals surface area contributed by atoms with E-state index in [0.29, 0.717) is 10.6 Å². The molecule has 0 bridgehead atoms. The topological polar surface area (TPSA) is 89.5 Å². The number of sulfonamides is 1. The van der Waals surface area contributed by atoms with Crippen molar-refractivity contribution in [3.8, 4) is 0 Å². The zero-order valence-electron chi connectivity index (χ0n) is 14.0. The van der Waals surface area contributed by atoms with E-state index in [4.69, 9.17) is 11.6 Å². The predicted molar refractivity (Wildman–Crippen MR) is 99.3 cm³/mol. The number of carbonyl (C=O) groups is 1. The van der Waals surface area contributed by atoms with E-state index in [2.05, 4.69) is 15.9 Å². The maximum atomic E-state index is 12.9. The molecule has 0 aromatic heterocycles. The zero-order valence-corrected chi connectivity index (χ0v) is 19.1. The molecular formula is C16H15BrClN2NaO4S. The number of hydrogen-bond donors (Lipinski definition) is 1. The number of rotatable bonds is 7. The number of carbonyl (C=O) groups excluding carboxylic acids is 1. The van der Waals surface area contributed by atoms with Crippen molar-refractivity contribution in [1.29, 1.82) is 0 Å². The first kappa shape index (κ1) is 23.6. The second-order valence-corrected chi connectivity index (χ2v) is 8.48. The Morgan fingerprint density at radius 3 is 2.23 bits per heavy atom. The van der Waals surface area contributed by atoms with Gasteiger partial charge in [-0.3, -0.25) is 4.79 Å². The van der Waals surface area contributed by atoms with Gasteiger partial charge in [0.2, 0.25) is 15.9 Å². The van der Waals surface area contributed by atoms with Gasteiger partial charge in [-0.15, -0.1) is 0 Å². The summed E-state index contributed by atoms with van der Waals surface area (Å²) in [5, 5.41) is 10.9. The van der Waals surface area contributed by atoms with E-state index in [1.165, 1.54) is 17.6 Å². The van der Waals surface area contributed by atoms with Crippen LogP contribution in [0.5, 0.6) is 0 Å². The van der Waals surface area contributed by atoms with E-state index in [9.17, 15) is 18.4 Å². The molecule has 0 heterocycles. The van der Waals surface area contributed by atoms with E-state index in [1.807, 2.05) is 0 Å². The van der Waals surface area contributed by atoms with Crippen molar-refractivity contribution in [2.75, 3.05) is 6.54 Å². The fraction of sp³-hybridized carbons (Fsp3) is 0.188. The van der Waals surface area contributed by atoms with Gasteiger partial charge in [0.05, 0.1) is 4.90 Å². The second kappa shape index (κ2) is 10.8. The molecule has 1 N–H and O–H groups in total. The minimum atomic E-state index is -3.83. The molecule has 0 aliphatic rings. The van der Waals surface area contributed by atoms with Crippen molar-refractivity contribution in [3.63, 3.8) is 0 Å². The standard InChI is InChI=1S/C16H15BrClN2O4S.Na/c17-13-3-7-15(8-4-13)25(23,24)20(10-9-16(21)19-22)11-12-1-5-14(18)6-2-12;/h1-8H,9-11H2,(H-,19,21,22);/q-1;+1. The number of amides is 1. The van der Waals surface area contributed by atoms with Crippen LogP contribution in [0, 0.1) is 5.21 Å². The van der Waals surface area contributed by atoms with Crippen LogP contribution in [0.4, 0.5) is 0 Å². The molecule has 0 saturated carbocycles. The molecule has 1 amide bonds. The van der Waals surface area contributed by atoms with Gasteiger partial charge in [-0.2, -0.15) is 4.31 Å². The summed E-state index contributed by atoms with van der Waals surface area (Å²) in [6.45, 7) is -0.0587. The van der Waals surface area contributed by atoms with Crippen LogP contribution in [0.15, 0.2) is 57.9 Å². The van der Waals surface area contributed by atoms with Crippen molar-refractivity contribution < 1.29 is 42.8 Å². The van der Waals surface area contributed by atoms with Gasteiger partial charge in [0, 0.05) is 29.0 Å². The Morgan fingerprint density at radius 2 is 1.69 bits per heavy atom. The summed E-state index contributed by atoms with van der Waals surface area (Å²) >= 11 is 9.11. The average molecular weight is 470 g/mol. The molecule has 6 nitrogen and oxygen atoms in total. The Labute approximate surface area is 188 Å². The van der Waals surface area contributed by atoms with Crippen LogP contribution in [0.2, 0.25) is 5.02 Å². The summed E-state index contributed by atoms with van der Waals surface area (Å²) in [5.74, 6) is -0.771. The molecule has 134 valence electrons. The first-order valence-corrected chi connectivity index (χ1v) is 9.85. The monoisotopic (exact) mass is 468 g/mol. The molecule has 0 unspecified atom stereocenters. The van der Waals surface area contributed by atoms with Crippen molar-refractivity contribution in [2.45, 2.75) is 17.9 Å². The predicted octanol–water partition coefficient (Wildman–Crippen LogP) is 0.302. The van der Waals surface area contributed by atoms with Gasteiger partial charge in [-0.25, -0.2) is 8.42 Å². The molecule has 26 heavy (non-hydrogen) atoms. The van der Waals surface area contributed by atoms with Crippen LogP contribution in [0.1, 0.15) is 12.0 Å². The third-order valence-electron chi connectivity index (χ3n) is 3.43. The Balaban J connectivity index is 0.00000338. The summed E-state index contributed by atoms with van der Waals surface area (Å²) in [6.07, 6.45) is -0.229. The molecule has 2 rings (SSSR count). The first-order valence-electron chi connectivity index (χ1n) is 7.24. The summed E-state index contributed by atoms with van der Waals surface area (Å²) in [5.41, 5.74) is 1.97. The molecule has 0 saturated heterocycles. The number of benzene rings is 2. The van der Waals surface area contributed by atoms with Crippen LogP contribution in [0.3, 0.4) is 0 Å². The van der Waals surface area contributed by atoms with E-state index in [-0.39, 0.29) is 54.0 Å². The van der Waals surface area contributed by atoms with Gasteiger partial charge in [0.1, 0.15) is 0 Å². The molecule has 2 aromatic carbocycles. The van der Waals surface area contributed by atoms with Gasteiger partial charge >= 0.3 is 29.6 Å². The van der Waals surface area contributed by atoms with Crippen LogP contribution < -0.4 is 35.0 Å². The molecule has 0 atom stereocenters. The third-order valence-corrected chi connectivity index (χ3v) is 6.07. The van der Waals surface area contributed by atoms with Crippen LogP contribution in [-0.2, 0) is 21.4 Å². The van der Waals surface area contributed by atoms with Crippen LogP contribution in [-0.4, -0.2) is 25.2 Å². The molecule has 0 aliphatic heterocycles. The first-order chi connectivity index (χ1) is 11.8. The van der Waals surface area contributed by atoms with Gasteiger partial charge in [0.25, 0.3) is 0 Å². The SMILES string of the molecule is O=C(CCN(Cc1ccc(Cl)cc1)S(=O)(=O)c1ccc(Br)cc1)N[O-].[Na+]. The van der Waals surface area contributed by atoms with Crippen molar-refractivity contribution in [3.05, 3.63) is 68.8 Å². The van der Waals surface area contributed by atoms with E-state index >= 15 is 0 Å². The Morgan fingerprint density at radius 1 is 1.12 bits per heavy atom. The number of nitrogens with zero attached hydrogens (tertiary/aromatic N) is 1. The summed E-state index contributed by atoms with van der Waals surface area (Å²) in [7, 11) is -3.83. The second-order valence-electron chi connectivity index (χ2n) is 5.19. The zero-order chi connectivity index (χ0) is 18.4. The fourth-order valence-electron chi connectivity index (χ4n) is 2.11. The van der Waals surface area contributed by atoms with Crippen molar-refractivity contribution in [2.24, 2.45) is 0 Å². The molecule has 0 spiro atoms. The van der Waals surface area contributed by atoms with Crippen LogP contribution in [0.25, 0.3) is 0 Å². The molecule has 2 aromatic rings. The van der Waals surface area contributed by atoms with Gasteiger partial charge in [-0.1, -0.05) is 39.7 Å². The van der Waals surface area contributed by atoms with E-state index in [1.54, 1.807) is 36.4 Å². The number of nitrogens with one attached hydrogen (secondary N) is 1. The number of halogens is 2. The summed E-state index contributed by atoms with van der Waals surface area (Å²) in [4.78, 5) is 11.4. The Kier molecular flexibility index (Phi) is 9.77. The van der Waals surface area contributed by atoms with Crippen LogP contribution >= 0.6 is 27.5 Å². The Hall–Kier alpha value is -0.450. The number of hydroxylamine groups is 1. The number of hydrogen-bond acceptors (Lipinski definition) is 4. The molecule has 0 radical (unpaired) electrons. The fourth-order valence-corrected chi connectivity index (χ4v) is 3.93. The normalized spacial score (nSPS) is 11.1. The average Bonchev–Trinajstić information content (AvgIpc) is 2.60. The maximum Gasteiger partial charge on any atom is 1.00 e. The maximum absolute atomic E-state index is 12.9. The molecule has 10 heteroatoms. The van der Waals surface area contributed by atoms with E-state index in [0.717, 1.165) is 8.78 Å². The molecule has 0 fully saturated rings. The largest absolute Gasteiger partial charge is 1.00 e. The summed E-state index contributed by atoms with van der Waals surface area (Å²) < 4.78 is 27.7. The smallest absolute Gasteiger partial charge is 0.759 e. The van der Waals surface area contributed by atoms with Gasteiger partial charge in [0.15, 0.2) is 0 Å². The third kappa shape index (κ3) is 6.61. The van der Waals surface area contributed by atoms with E-state index < -0.39 is 15.9 Å². The minimum Gasteiger partial charge on any atom is -0.759 e.